The molecule has 126 valence electrons. The molecular formula is C19H20ClNO3. The van der Waals surface area contributed by atoms with Crippen molar-refractivity contribution in [1.82, 2.24) is 5.32 Å². The fourth-order valence-electron chi connectivity index (χ4n) is 2.18. The molecule has 0 spiro atoms. The van der Waals surface area contributed by atoms with Crippen LogP contribution in [0.1, 0.15) is 23.7 Å². The average Bonchev–Trinajstić information content (AvgIpc) is 2.59. The van der Waals surface area contributed by atoms with Crippen LogP contribution < -0.4 is 10.1 Å². The van der Waals surface area contributed by atoms with Gasteiger partial charge in [-0.3, -0.25) is 4.79 Å². The first-order valence-corrected chi connectivity index (χ1v) is 7.99. The Morgan fingerprint density at radius 2 is 1.96 bits per heavy atom. The third kappa shape index (κ3) is 5.41. The summed E-state index contributed by atoms with van der Waals surface area (Å²) in [5.74, 6) is 0.465. The van der Waals surface area contributed by atoms with Crippen molar-refractivity contribution in [3.63, 3.8) is 0 Å². The standard InChI is InChI=1S/C19H20ClNO3/c1-2-11-24-18-6-4-3-5-15(18)13-21-19(23)12-17(22)14-7-9-16(20)10-8-14/h2-10,17,22H,1,11-13H2,(H,21,23). The number of carbonyl (C=O) groups is 1. The van der Waals surface area contributed by atoms with Crippen molar-refractivity contribution in [1.29, 1.82) is 0 Å². The fraction of sp³-hybridized carbons (Fsp3) is 0.211. The maximum absolute atomic E-state index is 12.0. The number of carbonyl (C=O) groups excluding carboxylic acids is 1. The molecule has 4 nitrogen and oxygen atoms in total. The number of halogens is 1. The van der Waals surface area contributed by atoms with Gasteiger partial charge in [-0.05, 0) is 23.8 Å². The summed E-state index contributed by atoms with van der Waals surface area (Å²) in [4.78, 5) is 12.0. The molecule has 0 fully saturated rings. The zero-order chi connectivity index (χ0) is 17.4. The van der Waals surface area contributed by atoms with Crippen LogP contribution in [-0.4, -0.2) is 17.6 Å². The molecular weight excluding hydrogens is 326 g/mol. The first-order chi connectivity index (χ1) is 11.6. The highest BCUT2D eigenvalue weighted by molar-refractivity contribution is 6.30. The quantitative estimate of drug-likeness (QED) is 0.718. The highest BCUT2D eigenvalue weighted by atomic mass is 35.5. The molecule has 0 aromatic heterocycles. The summed E-state index contributed by atoms with van der Waals surface area (Å²) < 4.78 is 5.55. The van der Waals surface area contributed by atoms with Crippen molar-refractivity contribution in [3.05, 3.63) is 77.3 Å². The van der Waals surface area contributed by atoms with Gasteiger partial charge in [0, 0.05) is 17.1 Å². The molecule has 1 atom stereocenters. The number of hydrogen-bond acceptors (Lipinski definition) is 3. The number of rotatable bonds is 8. The molecule has 2 rings (SSSR count). The van der Waals surface area contributed by atoms with Gasteiger partial charge in [0.1, 0.15) is 12.4 Å². The van der Waals surface area contributed by atoms with Crippen LogP contribution in [0.3, 0.4) is 0 Å². The van der Waals surface area contributed by atoms with Crippen LogP contribution in [0.15, 0.2) is 61.2 Å². The van der Waals surface area contributed by atoms with E-state index in [0.29, 0.717) is 29.5 Å². The van der Waals surface area contributed by atoms with Gasteiger partial charge in [0.05, 0.1) is 12.5 Å². The van der Waals surface area contributed by atoms with Gasteiger partial charge in [0.2, 0.25) is 5.91 Å². The summed E-state index contributed by atoms with van der Waals surface area (Å²) >= 11 is 5.81. The van der Waals surface area contributed by atoms with Gasteiger partial charge in [-0.15, -0.1) is 0 Å². The second kappa shape index (κ2) is 9.11. The molecule has 0 heterocycles. The number of hydrogen-bond donors (Lipinski definition) is 2. The van der Waals surface area contributed by atoms with Gasteiger partial charge in [0.25, 0.3) is 0 Å². The normalized spacial score (nSPS) is 11.6. The Morgan fingerprint density at radius 1 is 1.25 bits per heavy atom. The van der Waals surface area contributed by atoms with Gasteiger partial charge in [-0.1, -0.05) is 54.6 Å². The first kappa shape index (κ1) is 18.0. The van der Waals surface area contributed by atoms with Crippen molar-refractivity contribution >= 4 is 17.5 Å². The van der Waals surface area contributed by atoms with Crippen LogP contribution in [-0.2, 0) is 11.3 Å². The Morgan fingerprint density at radius 3 is 2.67 bits per heavy atom. The SMILES string of the molecule is C=CCOc1ccccc1CNC(=O)CC(O)c1ccc(Cl)cc1. The van der Waals surface area contributed by atoms with E-state index >= 15 is 0 Å². The Hall–Kier alpha value is -2.30. The van der Waals surface area contributed by atoms with Gasteiger partial charge < -0.3 is 15.2 Å². The molecule has 1 unspecified atom stereocenters. The van der Waals surface area contributed by atoms with E-state index in [1.165, 1.54) is 0 Å². The van der Waals surface area contributed by atoms with Crippen molar-refractivity contribution in [2.45, 2.75) is 19.1 Å². The number of aliphatic hydroxyl groups is 1. The Kier molecular flexibility index (Phi) is 6.85. The molecule has 0 aliphatic carbocycles. The summed E-state index contributed by atoms with van der Waals surface area (Å²) in [5, 5.41) is 13.5. The maximum Gasteiger partial charge on any atom is 0.223 e. The number of nitrogens with one attached hydrogen (secondary N) is 1. The lowest BCUT2D eigenvalue weighted by atomic mass is 10.1. The lowest BCUT2D eigenvalue weighted by Crippen LogP contribution is -2.24. The summed E-state index contributed by atoms with van der Waals surface area (Å²) in [6.07, 6.45) is 0.782. The molecule has 1 amide bonds. The van der Waals surface area contributed by atoms with E-state index in [0.717, 1.165) is 5.56 Å². The lowest BCUT2D eigenvalue weighted by molar-refractivity contribution is -0.123. The van der Waals surface area contributed by atoms with Crippen LogP contribution in [0, 0.1) is 0 Å². The van der Waals surface area contributed by atoms with E-state index in [2.05, 4.69) is 11.9 Å². The van der Waals surface area contributed by atoms with Gasteiger partial charge in [-0.25, -0.2) is 0 Å². The smallest absolute Gasteiger partial charge is 0.223 e. The minimum atomic E-state index is -0.866. The number of amides is 1. The van der Waals surface area contributed by atoms with Crippen LogP contribution in [0.25, 0.3) is 0 Å². The van der Waals surface area contributed by atoms with Crippen molar-refractivity contribution in [2.24, 2.45) is 0 Å². The Bertz CT molecular complexity index is 685. The Balaban J connectivity index is 1.89. The van der Waals surface area contributed by atoms with Gasteiger partial charge >= 0.3 is 0 Å². The predicted octanol–water partition coefficient (Wildman–Crippen LogP) is 3.64. The molecule has 0 saturated carbocycles. The minimum absolute atomic E-state index is 0.0166. The van der Waals surface area contributed by atoms with Crippen molar-refractivity contribution in [3.8, 4) is 5.75 Å². The first-order valence-electron chi connectivity index (χ1n) is 7.62. The topological polar surface area (TPSA) is 58.6 Å². The molecule has 5 heteroatoms. The van der Waals surface area contributed by atoms with E-state index in [9.17, 15) is 9.90 Å². The van der Waals surface area contributed by atoms with E-state index in [1.807, 2.05) is 24.3 Å². The molecule has 0 saturated heterocycles. The summed E-state index contributed by atoms with van der Waals surface area (Å²) in [7, 11) is 0. The van der Waals surface area contributed by atoms with Crippen LogP contribution >= 0.6 is 11.6 Å². The molecule has 0 bridgehead atoms. The van der Waals surface area contributed by atoms with E-state index in [4.69, 9.17) is 16.3 Å². The second-order valence-electron chi connectivity index (χ2n) is 5.26. The van der Waals surface area contributed by atoms with Gasteiger partial charge in [0.15, 0.2) is 0 Å². The third-order valence-corrected chi connectivity index (χ3v) is 3.69. The predicted molar refractivity (Wildman–Crippen MR) is 95.0 cm³/mol. The summed E-state index contributed by atoms with van der Waals surface area (Å²) in [6.45, 7) is 4.35. The largest absolute Gasteiger partial charge is 0.489 e. The number of ether oxygens (including phenoxy) is 1. The molecule has 24 heavy (non-hydrogen) atoms. The summed E-state index contributed by atoms with van der Waals surface area (Å²) in [5.41, 5.74) is 1.53. The number of aliphatic hydroxyl groups excluding tert-OH is 1. The van der Waals surface area contributed by atoms with Crippen LogP contribution in [0.5, 0.6) is 5.75 Å². The van der Waals surface area contributed by atoms with Gasteiger partial charge in [-0.2, -0.15) is 0 Å². The monoisotopic (exact) mass is 345 g/mol. The average molecular weight is 346 g/mol. The molecule has 2 N–H and O–H groups in total. The van der Waals surface area contributed by atoms with Crippen LogP contribution in [0.2, 0.25) is 5.02 Å². The zero-order valence-electron chi connectivity index (χ0n) is 13.2. The number of benzene rings is 2. The molecule has 2 aromatic carbocycles. The third-order valence-electron chi connectivity index (χ3n) is 3.44. The lowest BCUT2D eigenvalue weighted by Gasteiger charge is -2.13. The summed E-state index contributed by atoms with van der Waals surface area (Å²) in [6, 6.07) is 14.3. The fourth-order valence-corrected chi connectivity index (χ4v) is 2.31. The Labute approximate surface area is 146 Å². The molecule has 2 aromatic rings. The molecule has 0 aliphatic heterocycles. The molecule has 0 aliphatic rings. The van der Waals surface area contributed by atoms with Crippen LogP contribution in [0.4, 0.5) is 0 Å². The minimum Gasteiger partial charge on any atom is -0.489 e. The maximum atomic E-state index is 12.0. The van der Waals surface area contributed by atoms with Crippen molar-refractivity contribution < 1.29 is 14.6 Å². The van der Waals surface area contributed by atoms with E-state index in [-0.39, 0.29) is 12.3 Å². The highest BCUT2D eigenvalue weighted by Gasteiger charge is 2.13. The second-order valence-corrected chi connectivity index (χ2v) is 5.69. The van der Waals surface area contributed by atoms with E-state index in [1.54, 1.807) is 30.3 Å². The number of para-hydroxylation sites is 1. The highest BCUT2D eigenvalue weighted by Crippen LogP contribution is 2.20. The van der Waals surface area contributed by atoms with E-state index < -0.39 is 6.10 Å². The van der Waals surface area contributed by atoms with Crippen molar-refractivity contribution in [2.75, 3.05) is 6.61 Å². The zero-order valence-corrected chi connectivity index (χ0v) is 14.0. The molecule has 0 radical (unpaired) electrons.